The summed E-state index contributed by atoms with van der Waals surface area (Å²) in [6.07, 6.45) is 12.3. The van der Waals surface area contributed by atoms with Crippen LogP contribution in [-0.2, 0) is 14.2 Å². The van der Waals surface area contributed by atoms with Crippen LogP contribution in [0.5, 0.6) is 5.75 Å². The highest BCUT2D eigenvalue weighted by Crippen LogP contribution is 2.35. The zero-order valence-corrected chi connectivity index (χ0v) is 20.1. The topological polar surface area (TPSA) is 97.1 Å². The van der Waals surface area contributed by atoms with Gasteiger partial charge >= 0.3 is 6.16 Å². The zero-order valence-electron chi connectivity index (χ0n) is 20.1. The molecule has 0 spiro atoms. The first-order valence-corrected chi connectivity index (χ1v) is 12.4. The van der Waals surface area contributed by atoms with Crippen LogP contribution >= 0.6 is 0 Å². The van der Waals surface area contributed by atoms with Gasteiger partial charge in [0, 0.05) is 25.0 Å². The Morgan fingerprint density at radius 2 is 1.58 bits per heavy atom. The van der Waals surface area contributed by atoms with E-state index in [0.29, 0.717) is 6.61 Å². The van der Waals surface area contributed by atoms with Crippen molar-refractivity contribution in [3.63, 3.8) is 0 Å². The summed E-state index contributed by atoms with van der Waals surface area (Å²) in [7, 11) is 0. The van der Waals surface area contributed by atoms with E-state index < -0.39 is 16.9 Å². The number of carbonyl (C=O) groups excluding carboxylic acids is 1. The van der Waals surface area contributed by atoms with Gasteiger partial charge in [-0.2, -0.15) is 0 Å². The van der Waals surface area contributed by atoms with E-state index in [4.69, 9.17) is 18.9 Å². The summed E-state index contributed by atoms with van der Waals surface area (Å²) >= 11 is 0. The Labute approximate surface area is 197 Å². The minimum absolute atomic E-state index is 0.0409. The number of nitro benzene ring substituents is 1. The molecule has 0 radical (unpaired) electrons. The molecule has 1 heterocycles. The maximum atomic E-state index is 12.0. The van der Waals surface area contributed by atoms with Crippen LogP contribution in [-0.4, -0.2) is 36.2 Å². The van der Waals surface area contributed by atoms with Gasteiger partial charge in [0.15, 0.2) is 5.79 Å². The van der Waals surface area contributed by atoms with E-state index in [1.165, 1.54) is 75.6 Å². The Morgan fingerprint density at radius 3 is 2.12 bits per heavy atom. The van der Waals surface area contributed by atoms with Crippen molar-refractivity contribution in [3.05, 3.63) is 34.4 Å². The minimum Gasteiger partial charge on any atom is -0.431 e. The summed E-state index contributed by atoms with van der Waals surface area (Å²) in [5, 5.41) is 10.7. The van der Waals surface area contributed by atoms with E-state index in [-0.39, 0.29) is 24.1 Å². The predicted octanol–water partition coefficient (Wildman–Crippen LogP) is 6.94. The van der Waals surface area contributed by atoms with E-state index in [2.05, 4.69) is 13.8 Å². The Kier molecular flexibility index (Phi) is 12.2. The van der Waals surface area contributed by atoms with Crippen molar-refractivity contribution in [2.45, 2.75) is 103 Å². The largest absolute Gasteiger partial charge is 0.513 e. The molecule has 1 fully saturated rings. The second kappa shape index (κ2) is 14.9. The van der Waals surface area contributed by atoms with Gasteiger partial charge in [0.2, 0.25) is 0 Å². The van der Waals surface area contributed by atoms with Gasteiger partial charge < -0.3 is 18.9 Å². The number of nitrogens with zero attached hydrogens (tertiary/aromatic N) is 1. The van der Waals surface area contributed by atoms with Gasteiger partial charge in [-0.3, -0.25) is 10.1 Å². The number of rotatable bonds is 16. The molecule has 33 heavy (non-hydrogen) atoms. The third-order valence-electron chi connectivity index (χ3n) is 5.87. The second-order valence-corrected chi connectivity index (χ2v) is 8.70. The summed E-state index contributed by atoms with van der Waals surface area (Å²) in [5.41, 5.74) is -0.0760. The molecule has 8 heteroatoms. The first-order chi connectivity index (χ1) is 16.0. The van der Waals surface area contributed by atoms with E-state index in [1.807, 2.05) is 0 Å². The summed E-state index contributed by atoms with van der Waals surface area (Å²) < 4.78 is 22.7. The average molecular weight is 466 g/mol. The summed E-state index contributed by atoms with van der Waals surface area (Å²) in [6, 6.07) is 5.26. The quantitative estimate of drug-likeness (QED) is 0.0857. The predicted molar refractivity (Wildman–Crippen MR) is 125 cm³/mol. The molecule has 1 saturated heterocycles. The number of nitro groups is 1. The monoisotopic (exact) mass is 465 g/mol. The highest BCUT2D eigenvalue weighted by atomic mass is 16.8. The Balaban J connectivity index is 1.79. The lowest BCUT2D eigenvalue weighted by Crippen LogP contribution is -2.32. The fourth-order valence-electron chi connectivity index (χ4n) is 4.00. The highest BCUT2D eigenvalue weighted by Gasteiger charge is 2.41. The molecular weight excluding hydrogens is 426 g/mol. The Bertz CT molecular complexity index is 693. The van der Waals surface area contributed by atoms with Crippen LogP contribution in [0.3, 0.4) is 0 Å². The van der Waals surface area contributed by atoms with Gasteiger partial charge in [-0.1, -0.05) is 65.2 Å². The molecule has 8 nitrogen and oxygen atoms in total. The molecular formula is C25H39NO7. The molecule has 1 atom stereocenters. The van der Waals surface area contributed by atoms with Crippen LogP contribution in [0.4, 0.5) is 10.5 Å². The zero-order chi connectivity index (χ0) is 23.9. The molecule has 1 aliphatic heterocycles. The van der Waals surface area contributed by atoms with Crippen LogP contribution < -0.4 is 4.74 Å². The smallest absolute Gasteiger partial charge is 0.431 e. The van der Waals surface area contributed by atoms with Crippen molar-refractivity contribution in [1.29, 1.82) is 0 Å². The standard InChI is InChI=1S/C25H39NO7/c1-3-5-7-9-11-17-25(18-12-10-8-6-4-2)31-20-23(33-25)19-30-24(27)32-22-15-13-21(14-16-22)26(28)29/h13-16,23H,3-12,17-20H2,1-2H3. The third kappa shape index (κ3) is 10.1. The molecule has 1 aliphatic rings. The van der Waals surface area contributed by atoms with Gasteiger partial charge in [-0.25, -0.2) is 4.79 Å². The van der Waals surface area contributed by atoms with Crippen molar-refractivity contribution in [3.8, 4) is 5.75 Å². The van der Waals surface area contributed by atoms with Gasteiger partial charge in [0.25, 0.3) is 5.69 Å². The lowest BCUT2D eigenvalue weighted by molar-refractivity contribution is -0.384. The fraction of sp³-hybridized carbons (Fsp3) is 0.720. The van der Waals surface area contributed by atoms with Crippen molar-refractivity contribution < 1.29 is 28.7 Å². The molecule has 1 aromatic carbocycles. The van der Waals surface area contributed by atoms with Gasteiger partial charge in [0.05, 0.1) is 11.5 Å². The van der Waals surface area contributed by atoms with Crippen molar-refractivity contribution >= 4 is 11.8 Å². The minimum atomic E-state index is -0.871. The van der Waals surface area contributed by atoms with E-state index >= 15 is 0 Å². The first kappa shape index (κ1) is 27.1. The number of hydrogen-bond donors (Lipinski definition) is 0. The maximum Gasteiger partial charge on any atom is 0.513 e. The third-order valence-corrected chi connectivity index (χ3v) is 5.87. The Morgan fingerprint density at radius 1 is 1.00 bits per heavy atom. The number of benzene rings is 1. The Hall–Kier alpha value is -2.19. The molecule has 0 aromatic heterocycles. The lowest BCUT2D eigenvalue weighted by Gasteiger charge is -2.28. The van der Waals surface area contributed by atoms with Crippen LogP contribution in [0.1, 0.15) is 90.9 Å². The highest BCUT2D eigenvalue weighted by molar-refractivity contribution is 5.64. The SMILES string of the molecule is CCCCCCCC1(CCCCCCC)OCC(COC(=O)Oc2ccc([N+](=O)[O-])cc2)O1. The van der Waals surface area contributed by atoms with E-state index in [0.717, 1.165) is 25.7 Å². The molecule has 0 bridgehead atoms. The number of unbranched alkanes of at least 4 members (excludes halogenated alkanes) is 8. The summed E-state index contributed by atoms with van der Waals surface area (Å²) in [4.78, 5) is 22.2. The summed E-state index contributed by atoms with van der Waals surface area (Å²) in [5.74, 6) is -0.406. The number of ether oxygens (including phenoxy) is 4. The maximum absolute atomic E-state index is 12.0. The van der Waals surface area contributed by atoms with Gasteiger partial charge in [-0.15, -0.1) is 0 Å². The molecule has 1 unspecified atom stereocenters. The van der Waals surface area contributed by atoms with Crippen LogP contribution in [0.2, 0.25) is 0 Å². The van der Waals surface area contributed by atoms with Crippen molar-refractivity contribution in [2.24, 2.45) is 0 Å². The number of carbonyl (C=O) groups is 1. The number of hydrogen-bond acceptors (Lipinski definition) is 7. The van der Waals surface area contributed by atoms with Crippen LogP contribution in [0, 0.1) is 10.1 Å². The molecule has 186 valence electrons. The average Bonchev–Trinajstić information content (AvgIpc) is 3.21. The first-order valence-electron chi connectivity index (χ1n) is 12.4. The molecule has 0 amide bonds. The molecule has 0 saturated carbocycles. The normalized spacial score (nSPS) is 17.1. The van der Waals surface area contributed by atoms with Crippen LogP contribution in [0.15, 0.2) is 24.3 Å². The summed E-state index contributed by atoms with van der Waals surface area (Å²) in [6.45, 7) is 4.84. The number of non-ortho nitro benzene ring substituents is 1. The van der Waals surface area contributed by atoms with Crippen LogP contribution in [0.25, 0.3) is 0 Å². The molecule has 0 aliphatic carbocycles. The molecule has 1 aromatic rings. The van der Waals surface area contributed by atoms with Crippen molar-refractivity contribution in [2.75, 3.05) is 13.2 Å². The van der Waals surface area contributed by atoms with E-state index in [9.17, 15) is 14.9 Å². The van der Waals surface area contributed by atoms with Crippen molar-refractivity contribution in [1.82, 2.24) is 0 Å². The van der Waals surface area contributed by atoms with E-state index in [1.54, 1.807) is 0 Å². The van der Waals surface area contributed by atoms with Gasteiger partial charge in [-0.05, 0) is 25.0 Å². The lowest BCUT2D eigenvalue weighted by atomic mass is 9.99. The molecule has 2 rings (SSSR count). The van der Waals surface area contributed by atoms with Gasteiger partial charge in [0.1, 0.15) is 18.5 Å². The second-order valence-electron chi connectivity index (χ2n) is 8.70. The molecule has 0 N–H and O–H groups in total. The fourth-order valence-corrected chi connectivity index (χ4v) is 4.00.